The van der Waals surface area contributed by atoms with E-state index < -0.39 is 13.2 Å². The van der Waals surface area contributed by atoms with Gasteiger partial charge in [0.2, 0.25) is 0 Å². The lowest BCUT2D eigenvalue weighted by Crippen LogP contribution is -2.33. The van der Waals surface area contributed by atoms with Crippen LogP contribution in [-0.2, 0) is 4.79 Å². The van der Waals surface area contributed by atoms with Crippen LogP contribution in [0.5, 0.6) is 0 Å². The predicted molar refractivity (Wildman–Crippen MR) is 111 cm³/mol. The average molecular weight is 364 g/mol. The first-order valence-corrected chi connectivity index (χ1v) is 10.8. The number of hydrogen-bond acceptors (Lipinski definition) is 2. The molecule has 0 bridgehead atoms. The first-order valence-electron chi connectivity index (χ1n) is 8.83. The zero-order valence-corrected chi connectivity index (χ0v) is 16.2. The fraction of sp³-hybridized carbons (Fsp3) is 0.174. The molecule has 0 spiro atoms. The topological polar surface area (TPSA) is 40.1 Å². The van der Waals surface area contributed by atoms with Crippen molar-refractivity contribution in [2.45, 2.75) is 20.3 Å². The quantitative estimate of drug-likeness (QED) is 0.653. The number of carboxylic acid groups (broad SMARTS) is 1. The van der Waals surface area contributed by atoms with Gasteiger partial charge in [-0.1, -0.05) is 61.5 Å². The molecule has 0 unspecified atom stereocenters. The number of hydrogen-bond donors (Lipinski definition) is 0. The fourth-order valence-electron chi connectivity index (χ4n) is 3.22. The van der Waals surface area contributed by atoms with E-state index in [0.29, 0.717) is 0 Å². The van der Waals surface area contributed by atoms with Gasteiger partial charge >= 0.3 is 0 Å². The van der Waals surface area contributed by atoms with Crippen LogP contribution in [0.4, 0.5) is 0 Å². The lowest BCUT2D eigenvalue weighted by atomic mass is 10.4. The molecule has 3 rings (SSSR count). The van der Waals surface area contributed by atoms with E-state index in [1.54, 1.807) is 0 Å². The SMILES string of the molecule is CC(=O)[O-].CCC[P+](c1ccccc1)(c1ccccc1)c1ccccc1. The van der Waals surface area contributed by atoms with Gasteiger partial charge in [0.15, 0.2) is 0 Å². The van der Waals surface area contributed by atoms with Crippen molar-refractivity contribution in [1.29, 1.82) is 0 Å². The summed E-state index contributed by atoms with van der Waals surface area (Å²) < 4.78 is 0. The van der Waals surface area contributed by atoms with Gasteiger partial charge in [0, 0.05) is 5.97 Å². The summed E-state index contributed by atoms with van der Waals surface area (Å²) in [5.74, 6) is -1.08. The minimum Gasteiger partial charge on any atom is -0.550 e. The molecule has 134 valence electrons. The first-order chi connectivity index (χ1) is 12.6. The zero-order chi connectivity index (χ0) is 18.8. The predicted octanol–water partition coefficient (Wildman–Crippen LogP) is 3.15. The second kappa shape index (κ2) is 9.89. The summed E-state index contributed by atoms with van der Waals surface area (Å²) in [7, 11) is -1.55. The van der Waals surface area contributed by atoms with Crippen molar-refractivity contribution in [1.82, 2.24) is 0 Å². The molecule has 0 aliphatic rings. The van der Waals surface area contributed by atoms with Gasteiger partial charge in [0.25, 0.3) is 0 Å². The summed E-state index contributed by atoms with van der Waals surface area (Å²) in [5.41, 5.74) is 0. The molecular weight excluding hydrogens is 339 g/mol. The van der Waals surface area contributed by atoms with Crippen LogP contribution in [0, 0.1) is 0 Å². The molecule has 0 atom stereocenters. The lowest BCUT2D eigenvalue weighted by Gasteiger charge is -2.27. The van der Waals surface area contributed by atoms with Gasteiger partial charge in [-0.2, -0.15) is 0 Å². The molecule has 3 aromatic carbocycles. The van der Waals surface area contributed by atoms with E-state index in [0.717, 1.165) is 6.92 Å². The molecule has 3 aromatic rings. The van der Waals surface area contributed by atoms with Crippen molar-refractivity contribution in [3.8, 4) is 0 Å². The van der Waals surface area contributed by atoms with Gasteiger partial charge in [-0.3, -0.25) is 0 Å². The Balaban J connectivity index is 0.000000552. The summed E-state index contributed by atoms with van der Waals surface area (Å²) in [6.45, 7) is 3.27. The molecule has 0 aliphatic heterocycles. The van der Waals surface area contributed by atoms with E-state index in [4.69, 9.17) is 9.90 Å². The minimum absolute atomic E-state index is 0.972. The number of carbonyl (C=O) groups is 1. The Morgan fingerprint density at radius 1 is 0.731 bits per heavy atom. The number of carbonyl (C=O) groups excluding carboxylic acids is 1. The van der Waals surface area contributed by atoms with Crippen molar-refractivity contribution in [3.05, 3.63) is 91.0 Å². The van der Waals surface area contributed by atoms with Crippen LogP contribution in [0.25, 0.3) is 0 Å². The summed E-state index contributed by atoms with van der Waals surface area (Å²) in [6.07, 6.45) is 2.40. The third-order valence-electron chi connectivity index (χ3n) is 4.15. The standard InChI is InChI=1S/C21H22P.C2H4O2/c1-2-18-22(19-12-6-3-7-13-19,20-14-8-4-9-15-20)21-16-10-5-11-17-21;1-2(3)4/h3-17H,2,18H2,1H3;1H3,(H,3,4)/q+1;/p-1. The molecule has 26 heavy (non-hydrogen) atoms. The van der Waals surface area contributed by atoms with E-state index in [-0.39, 0.29) is 0 Å². The Morgan fingerprint density at radius 2 is 1.00 bits per heavy atom. The third-order valence-corrected chi connectivity index (χ3v) is 8.81. The summed E-state index contributed by atoms with van der Waals surface area (Å²) in [6, 6.07) is 33.2. The molecule has 0 N–H and O–H groups in total. The summed E-state index contributed by atoms with van der Waals surface area (Å²) >= 11 is 0. The van der Waals surface area contributed by atoms with E-state index in [2.05, 4.69) is 97.9 Å². The Kier molecular flexibility index (Phi) is 7.56. The highest BCUT2D eigenvalue weighted by Gasteiger charge is 2.43. The highest BCUT2D eigenvalue weighted by Crippen LogP contribution is 2.55. The molecule has 0 aromatic heterocycles. The van der Waals surface area contributed by atoms with Crippen LogP contribution in [0.15, 0.2) is 91.0 Å². The number of benzene rings is 3. The van der Waals surface area contributed by atoms with Crippen LogP contribution in [0.1, 0.15) is 20.3 Å². The van der Waals surface area contributed by atoms with Crippen LogP contribution < -0.4 is 21.0 Å². The van der Waals surface area contributed by atoms with Crippen LogP contribution in [-0.4, -0.2) is 12.1 Å². The smallest absolute Gasteiger partial charge is 0.112 e. The van der Waals surface area contributed by atoms with Crippen molar-refractivity contribution >= 4 is 29.1 Å². The Bertz CT molecular complexity index is 686. The molecule has 0 fully saturated rings. The number of aliphatic carboxylic acids is 1. The second-order valence-corrected chi connectivity index (χ2v) is 9.65. The molecule has 0 radical (unpaired) electrons. The third kappa shape index (κ3) is 4.80. The lowest BCUT2D eigenvalue weighted by molar-refractivity contribution is -0.302. The summed E-state index contributed by atoms with van der Waals surface area (Å²) in [4.78, 5) is 8.89. The normalized spacial score (nSPS) is 10.5. The van der Waals surface area contributed by atoms with E-state index >= 15 is 0 Å². The van der Waals surface area contributed by atoms with Gasteiger partial charge < -0.3 is 9.90 Å². The van der Waals surface area contributed by atoms with Crippen molar-refractivity contribution in [2.75, 3.05) is 6.16 Å². The molecule has 2 nitrogen and oxygen atoms in total. The summed E-state index contributed by atoms with van der Waals surface area (Å²) in [5, 5.41) is 13.3. The maximum Gasteiger partial charge on any atom is 0.112 e. The fourth-order valence-corrected chi connectivity index (χ4v) is 7.60. The molecule has 0 amide bonds. The maximum absolute atomic E-state index is 8.89. The van der Waals surface area contributed by atoms with Gasteiger partial charge in [-0.15, -0.1) is 0 Å². The van der Waals surface area contributed by atoms with Gasteiger partial charge in [-0.05, 0) is 49.7 Å². The zero-order valence-electron chi connectivity index (χ0n) is 15.3. The van der Waals surface area contributed by atoms with Crippen LogP contribution in [0.2, 0.25) is 0 Å². The van der Waals surface area contributed by atoms with Gasteiger partial charge in [-0.25, -0.2) is 0 Å². The van der Waals surface area contributed by atoms with E-state index in [1.807, 2.05) is 0 Å². The van der Waals surface area contributed by atoms with Crippen molar-refractivity contribution in [2.24, 2.45) is 0 Å². The van der Waals surface area contributed by atoms with E-state index in [1.165, 1.54) is 28.5 Å². The van der Waals surface area contributed by atoms with Crippen LogP contribution in [0.3, 0.4) is 0 Å². The van der Waals surface area contributed by atoms with Crippen LogP contribution >= 0.6 is 7.26 Å². The minimum atomic E-state index is -1.55. The molecule has 0 saturated carbocycles. The Hall–Kier alpha value is -2.44. The first kappa shape index (κ1) is 19.9. The molecule has 0 heterocycles. The van der Waals surface area contributed by atoms with Gasteiger partial charge in [0.1, 0.15) is 23.2 Å². The number of rotatable bonds is 5. The molecular formula is C23H25O2P. The van der Waals surface area contributed by atoms with E-state index in [9.17, 15) is 0 Å². The molecule has 0 saturated heterocycles. The monoisotopic (exact) mass is 364 g/mol. The highest BCUT2D eigenvalue weighted by atomic mass is 31.2. The highest BCUT2D eigenvalue weighted by molar-refractivity contribution is 7.95. The maximum atomic E-state index is 8.89. The Morgan fingerprint density at radius 3 is 1.23 bits per heavy atom. The number of carboxylic acids is 1. The molecule has 0 aliphatic carbocycles. The van der Waals surface area contributed by atoms with Gasteiger partial charge in [0.05, 0.1) is 6.16 Å². The second-order valence-electron chi connectivity index (χ2n) is 6.03. The van der Waals surface area contributed by atoms with Crippen molar-refractivity contribution < 1.29 is 9.90 Å². The average Bonchev–Trinajstić information content (AvgIpc) is 2.68. The molecule has 3 heteroatoms. The Labute approximate surface area is 156 Å². The largest absolute Gasteiger partial charge is 0.550 e. The van der Waals surface area contributed by atoms with Crippen molar-refractivity contribution in [3.63, 3.8) is 0 Å².